The molecule has 0 aromatic heterocycles. The lowest BCUT2D eigenvalue weighted by Gasteiger charge is -2.59. The van der Waals surface area contributed by atoms with Crippen LogP contribution in [-0.2, 0) is 26.1 Å². The number of phenolic OH excluding ortho intramolecular Hbond substituents is 1. The Balaban J connectivity index is 1.36. The molecule has 10 atom stereocenters. The summed E-state index contributed by atoms with van der Waals surface area (Å²) in [7, 11) is 2.14. The second kappa shape index (κ2) is 7.27. The van der Waals surface area contributed by atoms with E-state index in [0.29, 0.717) is 24.1 Å². The summed E-state index contributed by atoms with van der Waals surface area (Å²) >= 11 is 0. The third-order valence-electron chi connectivity index (χ3n) is 8.66. The van der Waals surface area contributed by atoms with Crippen molar-refractivity contribution in [2.24, 2.45) is 5.92 Å². The maximum atomic E-state index is 11.5. The van der Waals surface area contributed by atoms with E-state index >= 15 is 0 Å². The van der Waals surface area contributed by atoms with Crippen molar-refractivity contribution < 1.29 is 44.5 Å². The third-order valence-corrected chi connectivity index (χ3v) is 8.66. The van der Waals surface area contributed by atoms with E-state index in [2.05, 4.69) is 11.9 Å². The number of carboxylic acid groups (broad SMARTS) is 1. The number of carboxylic acids is 1. The number of aromatic hydroxyl groups is 1. The van der Waals surface area contributed by atoms with E-state index in [1.807, 2.05) is 6.07 Å². The molecule has 3 aliphatic heterocycles. The fraction of sp³-hybridized carbons (Fsp3) is 0.696. The van der Waals surface area contributed by atoms with Gasteiger partial charge in [-0.1, -0.05) is 6.07 Å². The standard InChI is InChI=1S/C23H29NO9/c1-24-7-6-23-10-3-5-13(31-22-17(28)15(26)16(27)19(33-22)21(29)30)20(23)32-18-12(25)4-2-9(14(18)23)8-11(10)24/h2,4,10-11,13,15-17,19-20,22,25-28H,3,5-8H2,1H3,(H,29,30)/t10?,11-,13+,15+,16+,17-,19+,20+,22-,23+/m1/s1. The lowest BCUT2D eigenvalue weighted by atomic mass is 9.51. The second-order valence-electron chi connectivity index (χ2n) is 10.1. The summed E-state index contributed by atoms with van der Waals surface area (Å²) in [5.74, 6) is -0.558. The van der Waals surface area contributed by atoms with Crippen LogP contribution in [0.15, 0.2) is 12.1 Å². The number of aliphatic carboxylic acids is 1. The van der Waals surface area contributed by atoms with E-state index in [0.717, 1.165) is 36.9 Å². The predicted octanol–water partition coefficient (Wildman–Crippen LogP) is -0.661. The molecule has 10 heteroatoms. The summed E-state index contributed by atoms with van der Waals surface area (Å²) in [5.41, 5.74) is 1.86. The molecule has 33 heavy (non-hydrogen) atoms. The summed E-state index contributed by atoms with van der Waals surface area (Å²) in [6.45, 7) is 0.872. The second-order valence-corrected chi connectivity index (χ2v) is 10.1. The highest BCUT2D eigenvalue weighted by atomic mass is 16.7. The van der Waals surface area contributed by atoms with Gasteiger partial charge in [-0.2, -0.15) is 0 Å². The van der Waals surface area contributed by atoms with Crippen molar-refractivity contribution in [1.82, 2.24) is 4.90 Å². The topological polar surface area (TPSA) is 149 Å². The van der Waals surface area contributed by atoms with Crippen LogP contribution in [0.5, 0.6) is 11.5 Å². The van der Waals surface area contributed by atoms with E-state index in [4.69, 9.17) is 14.2 Å². The minimum Gasteiger partial charge on any atom is -0.504 e. The number of likely N-dealkylation sites (N-methyl/N-ethyl adjacent to an activating group) is 1. The number of carbonyl (C=O) groups is 1. The molecule has 10 nitrogen and oxygen atoms in total. The molecule has 180 valence electrons. The minimum absolute atomic E-state index is 0.0887. The highest BCUT2D eigenvalue weighted by Crippen LogP contribution is 2.64. The van der Waals surface area contributed by atoms with Gasteiger partial charge in [-0.25, -0.2) is 4.79 Å². The Labute approximate surface area is 190 Å². The molecule has 6 rings (SSSR count). The van der Waals surface area contributed by atoms with Gasteiger partial charge in [-0.15, -0.1) is 0 Å². The van der Waals surface area contributed by atoms with Gasteiger partial charge in [0.05, 0.1) is 6.10 Å². The Bertz CT molecular complexity index is 987. The number of hydrogen-bond acceptors (Lipinski definition) is 9. The number of benzene rings is 1. The smallest absolute Gasteiger partial charge is 0.335 e. The number of likely N-dealkylation sites (tertiary alicyclic amines) is 1. The molecule has 1 unspecified atom stereocenters. The monoisotopic (exact) mass is 463 g/mol. The van der Waals surface area contributed by atoms with Crippen LogP contribution in [-0.4, -0.2) is 98.9 Å². The van der Waals surface area contributed by atoms with Crippen molar-refractivity contribution in [2.75, 3.05) is 13.6 Å². The minimum atomic E-state index is -1.77. The number of aliphatic hydroxyl groups is 3. The van der Waals surface area contributed by atoms with Crippen LogP contribution in [0.2, 0.25) is 0 Å². The molecular formula is C23H29NO9. The van der Waals surface area contributed by atoms with E-state index in [-0.39, 0.29) is 11.2 Å². The van der Waals surface area contributed by atoms with Crippen LogP contribution in [0.25, 0.3) is 0 Å². The van der Waals surface area contributed by atoms with E-state index in [1.165, 1.54) is 0 Å². The lowest BCUT2D eigenvalue weighted by molar-refractivity contribution is -0.315. The van der Waals surface area contributed by atoms with Crippen LogP contribution in [0, 0.1) is 5.92 Å². The Morgan fingerprint density at radius 2 is 1.97 bits per heavy atom. The number of piperidine rings is 1. The van der Waals surface area contributed by atoms with Gasteiger partial charge in [0.15, 0.2) is 23.9 Å². The van der Waals surface area contributed by atoms with Crippen molar-refractivity contribution in [2.45, 2.75) is 80.1 Å². The molecule has 1 aromatic rings. The van der Waals surface area contributed by atoms with E-state index in [9.17, 15) is 30.3 Å². The summed E-state index contributed by atoms with van der Waals surface area (Å²) in [6, 6.07) is 3.98. The molecule has 1 saturated carbocycles. The highest BCUT2D eigenvalue weighted by Gasteiger charge is 2.66. The number of hydrogen-bond donors (Lipinski definition) is 5. The Morgan fingerprint density at radius 1 is 1.18 bits per heavy atom. The van der Waals surface area contributed by atoms with E-state index < -0.39 is 48.9 Å². The summed E-state index contributed by atoms with van der Waals surface area (Å²) in [5, 5.41) is 50.6. The van der Waals surface area contributed by atoms with E-state index in [1.54, 1.807) is 6.07 Å². The SMILES string of the molecule is CN1CC[C@]23c4c5ccc(O)c4O[C@H]2[C@@H](O[C@@H]2O[C@H](C(=O)O)[C@@H](O)[C@H](O)[C@H]2O)CCC3[C@H]1C5. The number of nitrogens with zero attached hydrogens (tertiary/aromatic N) is 1. The normalized spacial score (nSPS) is 45.9. The molecule has 1 spiro atoms. The van der Waals surface area contributed by atoms with Gasteiger partial charge in [0.2, 0.25) is 0 Å². The van der Waals surface area contributed by atoms with Gasteiger partial charge in [-0.05, 0) is 56.8 Å². The molecule has 2 bridgehead atoms. The molecule has 0 amide bonds. The number of aliphatic hydroxyl groups excluding tert-OH is 3. The molecule has 1 aromatic carbocycles. The van der Waals surface area contributed by atoms with Crippen molar-refractivity contribution in [3.05, 3.63) is 23.3 Å². The van der Waals surface area contributed by atoms with Gasteiger partial charge >= 0.3 is 5.97 Å². The molecule has 3 fully saturated rings. The average molecular weight is 463 g/mol. The van der Waals surface area contributed by atoms with Gasteiger partial charge in [0.1, 0.15) is 24.4 Å². The van der Waals surface area contributed by atoms with Crippen molar-refractivity contribution in [3.63, 3.8) is 0 Å². The average Bonchev–Trinajstić information content (AvgIpc) is 3.14. The van der Waals surface area contributed by atoms with Crippen molar-refractivity contribution in [1.29, 1.82) is 0 Å². The van der Waals surface area contributed by atoms with Crippen LogP contribution >= 0.6 is 0 Å². The lowest BCUT2D eigenvalue weighted by Crippen LogP contribution is -2.67. The van der Waals surface area contributed by atoms with Gasteiger partial charge in [0, 0.05) is 17.0 Å². The fourth-order valence-corrected chi connectivity index (χ4v) is 7.17. The molecular weight excluding hydrogens is 434 g/mol. The first-order valence-corrected chi connectivity index (χ1v) is 11.5. The fourth-order valence-electron chi connectivity index (χ4n) is 7.17. The Morgan fingerprint density at radius 3 is 2.73 bits per heavy atom. The summed E-state index contributed by atoms with van der Waals surface area (Å²) < 4.78 is 17.9. The van der Waals surface area contributed by atoms with Crippen LogP contribution in [0.1, 0.15) is 30.4 Å². The largest absolute Gasteiger partial charge is 0.504 e. The summed E-state index contributed by atoms with van der Waals surface area (Å²) in [6.07, 6.45) is -6.12. The first-order chi connectivity index (χ1) is 15.7. The molecule has 5 N–H and O–H groups in total. The zero-order chi connectivity index (χ0) is 23.2. The molecule has 2 saturated heterocycles. The molecule has 3 heterocycles. The molecule has 0 radical (unpaired) electrons. The van der Waals surface area contributed by atoms with Crippen LogP contribution < -0.4 is 4.74 Å². The first-order valence-electron chi connectivity index (χ1n) is 11.5. The van der Waals surface area contributed by atoms with Gasteiger partial charge < -0.3 is 44.6 Å². The molecule has 5 aliphatic rings. The maximum absolute atomic E-state index is 11.5. The number of phenols is 1. The van der Waals surface area contributed by atoms with Crippen LogP contribution in [0.3, 0.4) is 0 Å². The highest BCUT2D eigenvalue weighted by molar-refractivity contribution is 5.73. The van der Waals surface area contributed by atoms with Gasteiger partial charge in [0.25, 0.3) is 0 Å². The molecule has 2 aliphatic carbocycles. The maximum Gasteiger partial charge on any atom is 0.335 e. The predicted molar refractivity (Wildman–Crippen MR) is 111 cm³/mol. The van der Waals surface area contributed by atoms with Crippen molar-refractivity contribution >= 4 is 5.97 Å². The first kappa shape index (κ1) is 21.6. The van der Waals surface area contributed by atoms with Crippen LogP contribution in [0.4, 0.5) is 0 Å². The van der Waals surface area contributed by atoms with Crippen molar-refractivity contribution in [3.8, 4) is 11.5 Å². The summed E-state index contributed by atoms with van der Waals surface area (Å²) in [4.78, 5) is 13.9. The zero-order valence-corrected chi connectivity index (χ0v) is 18.2. The zero-order valence-electron chi connectivity index (χ0n) is 18.2. The Hall–Kier alpha value is -1.95. The third kappa shape index (κ3) is 2.79. The van der Waals surface area contributed by atoms with Gasteiger partial charge in [-0.3, -0.25) is 0 Å². The Kier molecular flexibility index (Phi) is 4.75. The number of ether oxygens (including phenoxy) is 3. The number of rotatable bonds is 3. The quantitative estimate of drug-likeness (QED) is 0.391.